The SMILES string of the molecule is CCc1nnc(NC(=O)C2(C)CCCN2)nc1CC. The molecular weight excluding hydrogens is 242 g/mol. The highest BCUT2D eigenvalue weighted by atomic mass is 16.2. The topological polar surface area (TPSA) is 79.8 Å². The quantitative estimate of drug-likeness (QED) is 0.849. The minimum Gasteiger partial charge on any atom is -0.304 e. The molecule has 0 spiro atoms. The lowest BCUT2D eigenvalue weighted by atomic mass is 9.99. The number of amides is 1. The van der Waals surface area contributed by atoms with E-state index in [1.54, 1.807) is 0 Å². The third-order valence-corrected chi connectivity index (χ3v) is 3.60. The molecule has 0 aromatic carbocycles. The van der Waals surface area contributed by atoms with Crippen molar-refractivity contribution in [3.05, 3.63) is 11.4 Å². The van der Waals surface area contributed by atoms with E-state index >= 15 is 0 Å². The van der Waals surface area contributed by atoms with Crippen molar-refractivity contribution in [2.45, 2.75) is 52.0 Å². The molecule has 1 saturated heterocycles. The van der Waals surface area contributed by atoms with Crippen molar-refractivity contribution in [2.24, 2.45) is 0 Å². The van der Waals surface area contributed by atoms with Gasteiger partial charge >= 0.3 is 0 Å². The van der Waals surface area contributed by atoms with Crippen LogP contribution in [0.1, 0.15) is 45.0 Å². The zero-order chi connectivity index (χ0) is 13.9. The van der Waals surface area contributed by atoms with Crippen molar-refractivity contribution >= 4 is 11.9 Å². The summed E-state index contributed by atoms with van der Waals surface area (Å²) in [6.45, 7) is 6.82. The Labute approximate surface area is 113 Å². The van der Waals surface area contributed by atoms with Gasteiger partial charge in [0, 0.05) is 0 Å². The lowest BCUT2D eigenvalue weighted by molar-refractivity contribution is -0.121. The van der Waals surface area contributed by atoms with Crippen LogP contribution < -0.4 is 10.6 Å². The molecule has 0 aliphatic carbocycles. The summed E-state index contributed by atoms with van der Waals surface area (Å²) in [5.74, 6) is 0.215. The van der Waals surface area contributed by atoms with Crippen LogP contribution in [0.3, 0.4) is 0 Å². The number of aryl methyl sites for hydroxylation is 2. The third kappa shape index (κ3) is 2.89. The first-order valence-electron chi connectivity index (χ1n) is 6.88. The van der Waals surface area contributed by atoms with Crippen LogP contribution in [0.4, 0.5) is 5.95 Å². The molecule has 0 radical (unpaired) electrons. The van der Waals surface area contributed by atoms with E-state index in [-0.39, 0.29) is 5.91 Å². The number of hydrogen-bond acceptors (Lipinski definition) is 5. The molecular formula is C13H21N5O. The first kappa shape index (κ1) is 13.9. The lowest BCUT2D eigenvalue weighted by Crippen LogP contribution is -2.48. The van der Waals surface area contributed by atoms with Gasteiger partial charge in [-0.05, 0) is 39.2 Å². The molecule has 1 aliphatic rings. The Morgan fingerprint density at radius 1 is 1.32 bits per heavy atom. The highest BCUT2D eigenvalue weighted by molar-refractivity contribution is 5.96. The van der Waals surface area contributed by atoms with E-state index in [0.29, 0.717) is 5.95 Å². The Morgan fingerprint density at radius 2 is 2.05 bits per heavy atom. The van der Waals surface area contributed by atoms with Crippen LogP contribution in [0.25, 0.3) is 0 Å². The fourth-order valence-corrected chi connectivity index (χ4v) is 2.32. The molecule has 1 aromatic rings. The van der Waals surface area contributed by atoms with Gasteiger partial charge in [0.15, 0.2) is 0 Å². The molecule has 2 rings (SSSR count). The van der Waals surface area contributed by atoms with Gasteiger partial charge in [-0.25, -0.2) is 4.98 Å². The van der Waals surface area contributed by atoms with E-state index in [0.717, 1.165) is 43.6 Å². The van der Waals surface area contributed by atoms with Crippen molar-refractivity contribution in [3.63, 3.8) is 0 Å². The van der Waals surface area contributed by atoms with Gasteiger partial charge in [-0.3, -0.25) is 10.1 Å². The van der Waals surface area contributed by atoms with E-state index < -0.39 is 5.54 Å². The van der Waals surface area contributed by atoms with Gasteiger partial charge < -0.3 is 5.32 Å². The number of carbonyl (C=O) groups is 1. The summed E-state index contributed by atoms with van der Waals surface area (Å²) in [5, 5.41) is 14.1. The van der Waals surface area contributed by atoms with Crippen LogP contribution >= 0.6 is 0 Å². The molecule has 2 heterocycles. The summed E-state index contributed by atoms with van der Waals surface area (Å²) in [5.41, 5.74) is 1.28. The van der Waals surface area contributed by atoms with Crippen LogP contribution in [-0.2, 0) is 17.6 Å². The monoisotopic (exact) mass is 263 g/mol. The number of nitrogens with zero attached hydrogens (tertiary/aromatic N) is 3. The molecule has 1 aromatic heterocycles. The van der Waals surface area contributed by atoms with Crippen LogP contribution in [0, 0.1) is 0 Å². The molecule has 1 atom stereocenters. The van der Waals surface area contributed by atoms with Gasteiger partial charge in [0.05, 0.1) is 16.9 Å². The van der Waals surface area contributed by atoms with E-state index in [1.165, 1.54) is 0 Å². The minimum atomic E-state index is -0.515. The van der Waals surface area contributed by atoms with E-state index in [4.69, 9.17) is 0 Å². The van der Waals surface area contributed by atoms with E-state index in [9.17, 15) is 4.79 Å². The zero-order valence-electron chi connectivity index (χ0n) is 11.8. The summed E-state index contributed by atoms with van der Waals surface area (Å²) in [4.78, 5) is 16.6. The highest BCUT2D eigenvalue weighted by Gasteiger charge is 2.36. The summed E-state index contributed by atoms with van der Waals surface area (Å²) < 4.78 is 0. The Hall–Kier alpha value is -1.56. The largest absolute Gasteiger partial charge is 0.304 e. The van der Waals surface area contributed by atoms with Crippen LogP contribution in [0.2, 0.25) is 0 Å². The molecule has 0 bridgehead atoms. The zero-order valence-corrected chi connectivity index (χ0v) is 11.8. The number of nitrogens with one attached hydrogen (secondary N) is 2. The van der Waals surface area contributed by atoms with Gasteiger partial charge in [0.1, 0.15) is 0 Å². The van der Waals surface area contributed by atoms with Crippen LogP contribution in [-0.4, -0.2) is 33.2 Å². The molecule has 1 aliphatic heterocycles. The number of hydrogen-bond donors (Lipinski definition) is 2. The number of rotatable bonds is 4. The Morgan fingerprint density at radius 3 is 2.63 bits per heavy atom. The molecule has 1 fully saturated rings. The Kier molecular flexibility index (Phi) is 4.09. The normalized spacial score (nSPS) is 22.5. The summed E-state index contributed by atoms with van der Waals surface area (Å²) >= 11 is 0. The Bertz CT molecular complexity index is 468. The molecule has 2 N–H and O–H groups in total. The summed E-state index contributed by atoms with van der Waals surface area (Å²) in [7, 11) is 0. The molecule has 1 amide bonds. The van der Waals surface area contributed by atoms with Crippen molar-refractivity contribution in [1.29, 1.82) is 0 Å². The molecule has 1 unspecified atom stereocenters. The molecule has 104 valence electrons. The Balaban J connectivity index is 2.13. The second-order valence-corrected chi connectivity index (χ2v) is 5.05. The predicted molar refractivity (Wildman–Crippen MR) is 72.9 cm³/mol. The van der Waals surface area contributed by atoms with Gasteiger partial charge in [0.2, 0.25) is 11.9 Å². The average molecular weight is 263 g/mol. The summed E-state index contributed by atoms with van der Waals surface area (Å²) in [6, 6.07) is 0. The molecule has 19 heavy (non-hydrogen) atoms. The molecule has 0 saturated carbocycles. The van der Waals surface area contributed by atoms with E-state index in [1.807, 2.05) is 20.8 Å². The summed E-state index contributed by atoms with van der Waals surface area (Å²) in [6.07, 6.45) is 3.44. The van der Waals surface area contributed by atoms with E-state index in [2.05, 4.69) is 25.8 Å². The first-order chi connectivity index (χ1) is 9.09. The maximum Gasteiger partial charge on any atom is 0.249 e. The van der Waals surface area contributed by atoms with Crippen molar-refractivity contribution in [3.8, 4) is 0 Å². The van der Waals surface area contributed by atoms with Gasteiger partial charge in [-0.15, -0.1) is 10.2 Å². The maximum absolute atomic E-state index is 12.2. The van der Waals surface area contributed by atoms with Gasteiger partial charge in [0.25, 0.3) is 0 Å². The molecule has 6 nitrogen and oxygen atoms in total. The van der Waals surface area contributed by atoms with Crippen LogP contribution in [0.5, 0.6) is 0 Å². The second-order valence-electron chi connectivity index (χ2n) is 5.05. The number of carbonyl (C=O) groups excluding carboxylic acids is 1. The predicted octanol–water partition coefficient (Wildman–Crippen LogP) is 1.08. The first-order valence-corrected chi connectivity index (χ1v) is 6.88. The lowest BCUT2D eigenvalue weighted by Gasteiger charge is -2.22. The fraction of sp³-hybridized carbons (Fsp3) is 0.692. The van der Waals surface area contributed by atoms with Crippen molar-refractivity contribution in [2.75, 3.05) is 11.9 Å². The smallest absolute Gasteiger partial charge is 0.249 e. The average Bonchev–Trinajstić information content (AvgIpc) is 2.87. The second kappa shape index (κ2) is 5.61. The van der Waals surface area contributed by atoms with Gasteiger partial charge in [-0.1, -0.05) is 13.8 Å². The number of anilines is 1. The fourth-order valence-electron chi connectivity index (χ4n) is 2.32. The molecule has 6 heteroatoms. The van der Waals surface area contributed by atoms with Crippen molar-refractivity contribution < 1.29 is 4.79 Å². The minimum absolute atomic E-state index is 0.0851. The van der Waals surface area contributed by atoms with Crippen molar-refractivity contribution in [1.82, 2.24) is 20.5 Å². The highest BCUT2D eigenvalue weighted by Crippen LogP contribution is 2.20. The van der Waals surface area contributed by atoms with Crippen LogP contribution in [0.15, 0.2) is 0 Å². The standard InChI is InChI=1S/C13H21N5O/c1-4-9-10(5-2)17-18-12(15-9)16-11(19)13(3)7-6-8-14-13/h14H,4-8H2,1-3H3,(H,15,16,18,19). The van der Waals surface area contributed by atoms with Gasteiger partial charge in [-0.2, -0.15) is 0 Å². The third-order valence-electron chi connectivity index (χ3n) is 3.60. The maximum atomic E-state index is 12.2. The number of aromatic nitrogens is 3.